The second kappa shape index (κ2) is 13.3. The second-order valence-corrected chi connectivity index (χ2v) is 9.68. The van der Waals surface area contributed by atoms with Gasteiger partial charge in [-0.05, 0) is 12.8 Å². The maximum Gasteiger partial charge on any atom is 0.104 e. The highest BCUT2D eigenvalue weighted by molar-refractivity contribution is 7.85. The fourth-order valence-electron chi connectivity index (χ4n) is 3.61. The minimum absolute atomic E-state index is 0.284. The molecule has 1 rings (SSSR count). The molecule has 1 atom stereocenters. The molecule has 0 aliphatic carbocycles. The minimum atomic E-state index is -4.17. The zero-order valence-electron chi connectivity index (χ0n) is 17.4. The van der Waals surface area contributed by atoms with Gasteiger partial charge in [-0.15, -0.1) is 0 Å². The number of hydrogen-bond acceptors (Lipinski definition) is 3. The lowest BCUT2D eigenvalue weighted by Gasteiger charge is -2.35. The van der Waals surface area contributed by atoms with Crippen LogP contribution in [-0.2, 0) is 16.7 Å². The quantitative estimate of drug-likeness (QED) is 0.221. The number of quaternary nitrogens is 1. The molecule has 0 N–H and O–H groups in total. The molecule has 156 valence electrons. The highest BCUT2D eigenvalue weighted by atomic mass is 32.2. The van der Waals surface area contributed by atoms with Crippen molar-refractivity contribution < 1.29 is 17.5 Å². The van der Waals surface area contributed by atoms with E-state index in [1.807, 2.05) is 18.2 Å². The van der Waals surface area contributed by atoms with Gasteiger partial charge in [-0.25, -0.2) is 8.42 Å². The van der Waals surface area contributed by atoms with Crippen LogP contribution in [0.1, 0.15) is 76.7 Å². The van der Waals surface area contributed by atoms with Gasteiger partial charge in [0.1, 0.15) is 16.7 Å². The van der Waals surface area contributed by atoms with Crippen molar-refractivity contribution in [1.82, 2.24) is 0 Å². The van der Waals surface area contributed by atoms with Gasteiger partial charge in [0.15, 0.2) is 0 Å². The minimum Gasteiger partial charge on any atom is -0.748 e. The van der Waals surface area contributed by atoms with E-state index in [2.05, 4.69) is 26.1 Å². The summed E-state index contributed by atoms with van der Waals surface area (Å²) in [5.74, 6) is -0.284. The third-order valence-electron chi connectivity index (χ3n) is 5.34. The van der Waals surface area contributed by atoms with Gasteiger partial charge in [0.05, 0.1) is 25.9 Å². The smallest absolute Gasteiger partial charge is 0.104 e. The predicted octanol–water partition coefficient (Wildman–Crippen LogP) is 5.10. The van der Waals surface area contributed by atoms with Gasteiger partial charge in [-0.2, -0.15) is 0 Å². The average Bonchev–Trinajstić information content (AvgIpc) is 2.62. The van der Waals surface area contributed by atoms with Gasteiger partial charge in [-0.1, -0.05) is 88.6 Å². The van der Waals surface area contributed by atoms with Crippen molar-refractivity contribution >= 4 is 10.1 Å². The summed E-state index contributed by atoms with van der Waals surface area (Å²) >= 11 is 0. The molecule has 0 aromatic heterocycles. The number of unbranched alkanes of at least 4 members (excludes halogenated alkanes) is 9. The Hall–Kier alpha value is -0.910. The van der Waals surface area contributed by atoms with Crippen LogP contribution < -0.4 is 0 Å². The summed E-state index contributed by atoms with van der Waals surface area (Å²) in [7, 11) is -2.09. The molecule has 0 amide bonds. The van der Waals surface area contributed by atoms with Gasteiger partial charge < -0.3 is 9.04 Å². The van der Waals surface area contributed by atoms with E-state index < -0.39 is 10.1 Å². The molecule has 0 spiro atoms. The van der Waals surface area contributed by atoms with Crippen molar-refractivity contribution in [2.24, 2.45) is 0 Å². The molecule has 0 heterocycles. The third kappa shape index (κ3) is 13.0. The summed E-state index contributed by atoms with van der Waals surface area (Å²) in [5.41, 5.74) is 1.19. The van der Waals surface area contributed by atoms with E-state index in [1.54, 1.807) is 0 Å². The largest absolute Gasteiger partial charge is 0.748 e. The molecular formula is C22H39NO3S. The molecule has 0 bridgehead atoms. The molecule has 1 unspecified atom stereocenters. The Morgan fingerprint density at radius 3 is 1.85 bits per heavy atom. The molecule has 0 aliphatic heterocycles. The number of nitrogens with zero attached hydrogens (tertiary/aromatic N) is 1. The van der Waals surface area contributed by atoms with Crippen molar-refractivity contribution in [2.75, 3.05) is 25.9 Å². The maximum atomic E-state index is 11.1. The van der Waals surface area contributed by atoms with Gasteiger partial charge in [0.2, 0.25) is 0 Å². The summed E-state index contributed by atoms with van der Waals surface area (Å²) in [6.07, 6.45) is 12.9. The molecule has 0 radical (unpaired) electrons. The van der Waals surface area contributed by atoms with Gasteiger partial charge in [0, 0.05) is 5.56 Å². The highest BCUT2D eigenvalue weighted by Crippen LogP contribution is 2.16. The summed E-state index contributed by atoms with van der Waals surface area (Å²) < 4.78 is 33.9. The molecule has 1 aromatic rings. The van der Waals surface area contributed by atoms with Crippen LogP contribution in [0, 0.1) is 0 Å². The Morgan fingerprint density at radius 1 is 0.815 bits per heavy atom. The Bertz CT molecular complexity index is 589. The second-order valence-electron chi connectivity index (χ2n) is 8.15. The third-order valence-corrected chi connectivity index (χ3v) is 6.02. The summed E-state index contributed by atoms with van der Waals surface area (Å²) in [4.78, 5) is 0. The molecule has 0 saturated heterocycles. The zero-order valence-corrected chi connectivity index (χ0v) is 18.2. The zero-order chi connectivity index (χ0) is 20.0. The Balaban J connectivity index is 2.34. The van der Waals surface area contributed by atoms with Crippen molar-refractivity contribution in [3.8, 4) is 0 Å². The molecule has 1 aromatic carbocycles. The Morgan fingerprint density at radius 2 is 1.33 bits per heavy atom. The van der Waals surface area contributed by atoms with E-state index in [0.717, 1.165) is 19.5 Å². The SMILES string of the molecule is CCCCCCCCCCCC[N+](C)(CCS(=O)(=O)[O-])Cc1ccccc1. The number of hydrogen-bond donors (Lipinski definition) is 0. The van der Waals surface area contributed by atoms with E-state index in [0.29, 0.717) is 11.0 Å². The first-order valence-electron chi connectivity index (χ1n) is 10.7. The summed E-state index contributed by atoms with van der Waals surface area (Å²) in [6, 6.07) is 10.1. The van der Waals surface area contributed by atoms with E-state index in [4.69, 9.17) is 0 Å². The Kier molecular flexibility index (Phi) is 11.9. The van der Waals surface area contributed by atoms with Crippen molar-refractivity contribution in [3.05, 3.63) is 35.9 Å². The molecule has 5 heteroatoms. The van der Waals surface area contributed by atoms with Gasteiger partial charge >= 0.3 is 0 Å². The van der Waals surface area contributed by atoms with Crippen LogP contribution in [0.3, 0.4) is 0 Å². The van der Waals surface area contributed by atoms with Crippen molar-refractivity contribution in [2.45, 2.75) is 77.7 Å². The Labute approximate surface area is 167 Å². The molecule has 27 heavy (non-hydrogen) atoms. The van der Waals surface area contributed by atoms with Gasteiger partial charge in [0.25, 0.3) is 0 Å². The van der Waals surface area contributed by atoms with E-state index in [9.17, 15) is 13.0 Å². The highest BCUT2D eigenvalue weighted by Gasteiger charge is 2.22. The first-order chi connectivity index (χ1) is 12.8. The molecule has 0 saturated carbocycles. The maximum absolute atomic E-state index is 11.1. The standard InChI is InChI=1S/C22H39NO3S/c1-3-4-5-6-7-8-9-10-11-15-18-23(2,19-20-27(24,25)26)21-22-16-13-12-14-17-22/h12-14,16-17H,3-11,15,18-21H2,1-2H3. The van der Waals surface area contributed by atoms with Crippen LogP contribution in [-0.4, -0.2) is 43.3 Å². The van der Waals surface area contributed by atoms with Crippen LogP contribution in [0.15, 0.2) is 30.3 Å². The lowest BCUT2D eigenvalue weighted by molar-refractivity contribution is -0.920. The van der Waals surface area contributed by atoms with E-state index >= 15 is 0 Å². The summed E-state index contributed by atoms with van der Waals surface area (Å²) in [5, 5.41) is 0. The molecule has 0 aliphatic rings. The van der Waals surface area contributed by atoms with Crippen LogP contribution >= 0.6 is 0 Å². The first kappa shape index (κ1) is 24.1. The monoisotopic (exact) mass is 397 g/mol. The molecular weight excluding hydrogens is 358 g/mol. The number of benzene rings is 1. The van der Waals surface area contributed by atoms with Crippen LogP contribution in [0.5, 0.6) is 0 Å². The fraction of sp³-hybridized carbons (Fsp3) is 0.727. The number of rotatable bonds is 16. The predicted molar refractivity (Wildman–Crippen MR) is 112 cm³/mol. The van der Waals surface area contributed by atoms with E-state index in [1.165, 1.54) is 63.4 Å². The van der Waals surface area contributed by atoms with Gasteiger partial charge in [-0.3, -0.25) is 0 Å². The van der Waals surface area contributed by atoms with Crippen molar-refractivity contribution in [3.63, 3.8) is 0 Å². The lowest BCUT2D eigenvalue weighted by atomic mass is 10.1. The van der Waals surface area contributed by atoms with Crippen LogP contribution in [0.25, 0.3) is 0 Å². The molecule has 0 fully saturated rings. The molecule has 4 nitrogen and oxygen atoms in total. The average molecular weight is 398 g/mol. The lowest BCUT2D eigenvalue weighted by Crippen LogP contribution is -2.47. The van der Waals surface area contributed by atoms with Crippen LogP contribution in [0.2, 0.25) is 0 Å². The van der Waals surface area contributed by atoms with E-state index in [-0.39, 0.29) is 5.75 Å². The fourth-order valence-corrected chi connectivity index (χ4v) is 4.27. The van der Waals surface area contributed by atoms with Crippen LogP contribution in [0.4, 0.5) is 0 Å². The normalized spacial score (nSPS) is 14.2. The topological polar surface area (TPSA) is 57.2 Å². The van der Waals surface area contributed by atoms with Crippen molar-refractivity contribution in [1.29, 1.82) is 0 Å². The summed E-state index contributed by atoms with van der Waals surface area (Å²) in [6.45, 7) is 4.32. The first-order valence-corrected chi connectivity index (χ1v) is 12.2.